The molecule has 0 unspecified atom stereocenters. The van der Waals surface area contributed by atoms with Crippen molar-refractivity contribution in [2.24, 2.45) is 5.41 Å². The number of carbonyl (C=O) groups excluding carboxylic acids is 1. The van der Waals surface area contributed by atoms with Crippen molar-refractivity contribution in [1.82, 2.24) is 14.9 Å². The molecule has 7 nitrogen and oxygen atoms in total. The molecule has 2 fully saturated rings. The number of rotatable bonds is 3. The number of pyridine rings is 2. The van der Waals surface area contributed by atoms with E-state index in [4.69, 9.17) is 4.74 Å². The molecule has 1 aromatic carbocycles. The van der Waals surface area contributed by atoms with Gasteiger partial charge in [0.2, 0.25) is 0 Å². The van der Waals surface area contributed by atoms with E-state index < -0.39 is 6.09 Å². The van der Waals surface area contributed by atoms with Gasteiger partial charge in [-0.15, -0.1) is 0 Å². The van der Waals surface area contributed by atoms with Crippen molar-refractivity contribution in [2.45, 2.75) is 38.7 Å². The number of hydrogen-bond acceptors (Lipinski definition) is 6. The average Bonchev–Trinajstić information content (AvgIpc) is 2.77. The van der Waals surface area contributed by atoms with E-state index in [1.165, 1.54) is 6.07 Å². The summed E-state index contributed by atoms with van der Waals surface area (Å²) < 4.78 is 20.6. The van der Waals surface area contributed by atoms with Crippen LogP contribution in [-0.4, -0.2) is 53.7 Å². The minimum absolute atomic E-state index is 0.0389. The SMILES string of the molecule is Cc1c(-c2cc3cc(NC(=O)OC4CC5(C4)CN(C)C5)ncc3cc2F)cnc2c1NCCC2. The summed E-state index contributed by atoms with van der Waals surface area (Å²) in [6.07, 6.45) is 6.61. The number of aryl methyl sites for hydroxylation is 1. The molecule has 8 heteroatoms. The second-order valence-electron chi connectivity index (χ2n) is 10.1. The second kappa shape index (κ2) is 7.91. The lowest BCUT2D eigenvalue weighted by molar-refractivity contribution is -0.119. The Bertz CT molecular complexity index is 1300. The number of anilines is 2. The average molecular weight is 462 g/mol. The van der Waals surface area contributed by atoms with Gasteiger partial charge < -0.3 is 15.0 Å². The maximum Gasteiger partial charge on any atom is 0.413 e. The fraction of sp³-hybridized carbons (Fsp3) is 0.423. The number of aromatic nitrogens is 2. The number of ether oxygens (including phenoxy) is 1. The van der Waals surface area contributed by atoms with Crippen LogP contribution in [0.2, 0.25) is 0 Å². The van der Waals surface area contributed by atoms with E-state index in [2.05, 4.69) is 32.5 Å². The van der Waals surface area contributed by atoms with Crippen molar-refractivity contribution in [3.05, 3.63) is 47.7 Å². The molecule has 0 radical (unpaired) electrons. The molecule has 1 aliphatic carbocycles. The fourth-order valence-electron chi connectivity index (χ4n) is 5.89. The lowest BCUT2D eigenvalue weighted by Gasteiger charge is -2.57. The molecule has 6 rings (SSSR count). The van der Waals surface area contributed by atoms with Crippen LogP contribution in [0.25, 0.3) is 21.9 Å². The van der Waals surface area contributed by atoms with Crippen molar-refractivity contribution in [3.63, 3.8) is 0 Å². The van der Waals surface area contributed by atoms with Crippen LogP contribution in [0.3, 0.4) is 0 Å². The van der Waals surface area contributed by atoms with Gasteiger partial charge in [0, 0.05) is 54.0 Å². The van der Waals surface area contributed by atoms with E-state index in [9.17, 15) is 4.79 Å². The summed E-state index contributed by atoms with van der Waals surface area (Å²) in [6.45, 7) is 5.05. The standard InChI is InChI=1S/C26H28FN5O2/c1-15-20(12-29-22-4-3-5-28-24(15)22)19-6-16-8-23(30-11-17(16)7-21(19)27)31-25(33)34-18-9-26(10-18)13-32(2)14-26/h6-8,11-12,18,28H,3-5,9-10,13-14H2,1-2H3,(H,30,31,33). The quantitative estimate of drug-likeness (QED) is 0.586. The number of fused-ring (bicyclic) bond motifs is 2. The molecule has 3 aliphatic rings. The van der Waals surface area contributed by atoms with Gasteiger partial charge in [-0.1, -0.05) is 0 Å². The van der Waals surface area contributed by atoms with Crippen LogP contribution in [0.4, 0.5) is 20.7 Å². The number of benzene rings is 1. The lowest BCUT2D eigenvalue weighted by Crippen LogP contribution is -2.62. The molecular weight excluding hydrogens is 433 g/mol. The number of amides is 1. The number of nitrogens with one attached hydrogen (secondary N) is 2. The molecule has 3 aromatic rings. The third-order valence-corrected chi connectivity index (χ3v) is 7.44. The molecule has 2 aromatic heterocycles. The minimum Gasteiger partial charge on any atom is -0.446 e. The summed E-state index contributed by atoms with van der Waals surface area (Å²) in [4.78, 5) is 23.5. The van der Waals surface area contributed by atoms with Gasteiger partial charge in [-0.2, -0.15) is 0 Å². The minimum atomic E-state index is -0.498. The molecule has 2 N–H and O–H groups in total. The summed E-state index contributed by atoms with van der Waals surface area (Å²) in [6, 6.07) is 5.03. The normalized spacial score (nSPS) is 19.1. The largest absolute Gasteiger partial charge is 0.446 e. The predicted octanol–water partition coefficient (Wildman–Crippen LogP) is 4.75. The van der Waals surface area contributed by atoms with Gasteiger partial charge in [0.25, 0.3) is 0 Å². The van der Waals surface area contributed by atoms with E-state index >= 15 is 4.39 Å². The summed E-state index contributed by atoms with van der Waals surface area (Å²) >= 11 is 0. The smallest absolute Gasteiger partial charge is 0.413 e. The first kappa shape index (κ1) is 21.3. The highest BCUT2D eigenvalue weighted by Gasteiger charge is 2.52. The second-order valence-corrected chi connectivity index (χ2v) is 10.1. The van der Waals surface area contributed by atoms with Crippen LogP contribution >= 0.6 is 0 Å². The highest BCUT2D eigenvalue weighted by atomic mass is 19.1. The molecular formula is C26H28FN5O2. The number of nitrogens with zero attached hydrogens (tertiary/aromatic N) is 3. The molecule has 1 spiro atoms. The van der Waals surface area contributed by atoms with Crippen LogP contribution in [0.15, 0.2) is 30.6 Å². The number of hydrogen-bond donors (Lipinski definition) is 2. The summed E-state index contributed by atoms with van der Waals surface area (Å²) in [5.41, 5.74) is 4.63. The molecule has 4 heterocycles. The molecule has 0 atom stereocenters. The maximum atomic E-state index is 15.1. The van der Waals surface area contributed by atoms with Crippen LogP contribution in [0.1, 0.15) is 30.5 Å². The zero-order valence-corrected chi connectivity index (χ0v) is 19.4. The van der Waals surface area contributed by atoms with E-state index in [0.717, 1.165) is 73.2 Å². The summed E-state index contributed by atoms with van der Waals surface area (Å²) in [5.74, 6) is 0.0602. The first-order chi connectivity index (χ1) is 16.4. The monoisotopic (exact) mass is 461 g/mol. The van der Waals surface area contributed by atoms with Crippen LogP contribution < -0.4 is 10.6 Å². The first-order valence-corrected chi connectivity index (χ1v) is 11.9. The number of carbonyl (C=O) groups is 1. The van der Waals surface area contributed by atoms with Gasteiger partial charge in [0.1, 0.15) is 17.7 Å². The van der Waals surface area contributed by atoms with Gasteiger partial charge in [-0.25, -0.2) is 14.2 Å². The Morgan fingerprint density at radius 3 is 2.79 bits per heavy atom. The Hall–Kier alpha value is -3.26. The van der Waals surface area contributed by atoms with Gasteiger partial charge in [0.15, 0.2) is 0 Å². The molecule has 1 amide bonds. The molecule has 34 heavy (non-hydrogen) atoms. The molecule has 2 aliphatic heterocycles. The summed E-state index contributed by atoms with van der Waals surface area (Å²) in [5, 5.41) is 7.59. The molecule has 0 bridgehead atoms. The first-order valence-electron chi connectivity index (χ1n) is 11.9. The van der Waals surface area contributed by atoms with Crippen molar-refractivity contribution in [2.75, 3.05) is 37.3 Å². The van der Waals surface area contributed by atoms with Gasteiger partial charge in [-0.3, -0.25) is 10.3 Å². The van der Waals surface area contributed by atoms with Gasteiger partial charge in [0.05, 0.1) is 11.4 Å². The predicted molar refractivity (Wildman–Crippen MR) is 130 cm³/mol. The number of halogens is 1. The molecule has 1 saturated heterocycles. The Kier molecular flexibility index (Phi) is 4.95. The van der Waals surface area contributed by atoms with Crippen molar-refractivity contribution >= 4 is 28.4 Å². The third kappa shape index (κ3) is 3.66. The van der Waals surface area contributed by atoms with E-state index in [1.807, 2.05) is 6.92 Å². The van der Waals surface area contributed by atoms with Crippen molar-refractivity contribution in [3.8, 4) is 11.1 Å². The molecule has 176 valence electrons. The Morgan fingerprint density at radius 1 is 1.18 bits per heavy atom. The third-order valence-electron chi connectivity index (χ3n) is 7.44. The highest BCUT2D eigenvalue weighted by molar-refractivity contribution is 5.92. The Morgan fingerprint density at radius 2 is 2.00 bits per heavy atom. The lowest BCUT2D eigenvalue weighted by atomic mass is 9.62. The van der Waals surface area contributed by atoms with Crippen LogP contribution in [0.5, 0.6) is 0 Å². The van der Waals surface area contributed by atoms with Crippen molar-refractivity contribution in [1.29, 1.82) is 0 Å². The number of likely N-dealkylation sites (tertiary alicyclic amines) is 1. The van der Waals surface area contributed by atoms with E-state index in [1.54, 1.807) is 24.5 Å². The zero-order valence-electron chi connectivity index (χ0n) is 19.4. The molecule has 1 saturated carbocycles. The highest BCUT2D eigenvalue weighted by Crippen LogP contribution is 2.49. The van der Waals surface area contributed by atoms with Gasteiger partial charge in [-0.05, 0) is 68.8 Å². The Labute approximate surface area is 197 Å². The summed E-state index contributed by atoms with van der Waals surface area (Å²) in [7, 11) is 2.11. The van der Waals surface area contributed by atoms with Crippen molar-refractivity contribution < 1.29 is 13.9 Å². The van der Waals surface area contributed by atoms with Crippen LogP contribution in [-0.2, 0) is 11.2 Å². The van der Waals surface area contributed by atoms with E-state index in [0.29, 0.717) is 22.2 Å². The van der Waals surface area contributed by atoms with Crippen LogP contribution in [0, 0.1) is 18.2 Å². The van der Waals surface area contributed by atoms with E-state index in [-0.39, 0.29) is 11.9 Å². The topological polar surface area (TPSA) is 79.4 Å². The van der Waals surface area contributed by atoms with Gasteiger partial charge >= 0.3 is 6.09 Å². The maximum absolute atomic E-state index is 15.1. The zero-order chi connectivity index (χ0) is 23.4. The fourth-order valence-corrected chi connectivity index (χ4v) is 5.89. The Balaban J connectivity index is 1.21.